The monoisotopic (exact) mass is 571 g/mol. The normalized spacial score (nSPS) is 13.4. The molecule has 2 N–H and O–H groups in total. The lowest BCUT2D eigenvalue weighted by molar-refractivity contribution is -0.145. The van der Waals surface area contributed by atoms with E-state index < -0.39 is 23.8 Å². The zero-order valence-corrected chi connectivity index (χ0v) is 25.9. The van der Waals surface area contributed by atoms with E-state index in [9.17, 15) is 14.4 Å². The van der Waals surface area contributed by atoms with Crippen LogP contribution in [0.15, 0.2) is 78.9 Å². The lowest BCUT2D eigenvalue weighted by atomic mass is 9.92. The van der Waals surface area contributed by atoms with Crippen LogP contribution in [0.2, 0.25) is 0 Å². The number of nitrogens with zero attached hydrogens (tertiary/aromatic N) is 1. The Kier molecular flexibility index (Phi) is 11.3. The number of rotatable bonds is 11. The Morgan fingerprint density at radius 3 is 1.90 bits per heavy atom. The molecule has 3 atom stereocenters. The maximum Gasteiger partial charge on any atom is 0.408 e. The maximum atomic E-state index is 14.6. The molecule has 3 aromatic rings. The Labute approximate surface area is 250 Å². The van der Waals surface area contributed by atoms with Crippen molar-refractivity contribution in [3.63, 3.8) is 0 Å². The van der Waals surface area contributed by atoms with E-state index in [1.165, 1.54) is 0 Å². The molecule has 0 heterocycles. The Morgan fingerprint density at radius 2 is 1.38 bits per heavy atom. The Hall–Kier alpha value is -4.13. The van der Waals surface area contributed by atoms with Crippen LogP contribution in [0.5, 0.6) is 0 Å². The first kappa shape index (κ1) is 32.4. The van der Waals surface area contributed by atoms with Crippen molar-refractivity contribution in [3.8, 4) is 0 Å². The van der Waals surface area contributed by atoms with Gasteiger partial charge < -0.3 is 20.3 Å². The van der Waals surface area contributed by atoms with Crippen molar-refractivity contribution in [2.24, 2.45) is 0 Å². The van der Waals surface area contributed by atoms with Gasteiger partial charge in [0.15, 0.2) is 0 Å². The molecular weight excluding hydrogens is 526 g/mol. The molecule has 3 unspecified atom stereocenters. The van der Waals surface area contributed by atoms with Gasteiger partial charge in [-0.3, -0.25) is 9.59 Å². The van der Waals surface area contributed by atoms with Gasteiger partial charge in [-0.05, 0) is 75.8 Å². The fourth-order valence-corrected chi connectivity index (χ4v) is 5.01. The van der Waals surface area contributed by atoms with Gasteiger partial charge in [0.05, 0.1) is 0 Å². The number of alkyl carbamates (subject to hydrolysis) is 1. The summed E-state index contributed by atoms with van der Waals surface area (Å²) in [5, 5.41) is 5.91. The van der Waals surface area contributed by atoms with Crippen molar-refractivity contribution in [3.05, 3.63) is 107 Å². The number of aryl methyl sites for hydroxylation is 2. The summed E-state index contributed by atoms with van der Waals surface area (Å²) in [6.07, 6.45) is 0.179. The molecule has 3 amide bonds. The van der Waals surface area contributed by atoms with Crippen LogP contribution < -0.4 is 10.6 Å². The molecule has 3 rings (SSSR count). The summed E-state index contributed by atoms with van der Waals surface area (Å²) < 4.78 is 5.54. The first-order chi connectivity index (χ1) is 19.9. The second-order valence-electron chi connectivity index (χ2n) is 11.8. The molecule has 0 bridgehead atoms. The predicted octanol–water partition coefficient (Wildman–Crippen LogP) is 6.42. The minimum Gasteiger partial charge on any atom is -0.444 e. The van der Waals surface area contributed by atoms with Gasteiger partial charge in [0.1, 0.15) is 17.7 Å². The zero-order chi connectivity index (χ0) is 30.9. The molecule has 0 aliphatic rings. The van der Waals surface area contributed by atoms with E-state index >= 15 is 0 Å². The molecule has 0 saturated heterocycles. The van der Waals surface area contributed by atoms with Crippen LogP contribution >= 0.6 is 0 Å². The topological polar surface area (TPSA) is 87.7 Å². The number of nitrogens with one attached hydrogen (secondary N) is 2. The number of ether oxygens (including phenoxy) is 1. The highest BCUT2D eigenvalue weighted by Gasteiger charge is 2.39. The van der Waals surface area contributed by atoms with Gasteiger partial charge >= 0.3 is 6.09 Å². The first-order valence-electron chi connectivity index (χ1n) is 14.6. The van der Waals surface area contributed by atoms with Crippen molar-refractivity contribution < 1.29 is 19.1 Å². The van der Waals surface area contributed by atoms with E-state index in [2.05, 4.69) is 10.6 Å². The molecule has 0 radical (unpaired) electrons. The molecule has 0 aliphatic heterocycles. The first-order valence-corrected chi connectivity index (χ1v) is 14.6. The second-order valence-corrected chi connectivity index (χ2v) is 11.8. The number of hydrogen-bond acceptors (Lipinski definition) is 4. The summed E-state index contributed by atoms with van der Waals surface area (Å²) in [4.78, 5) is 43.4. The third kappa shape index (κ3) is 8.93. The molecule has 7 heteroatoms. The summed E-state index contributed by atoms with van der Waals surface area (Å²) in [6, 6.07) is 22.9. The van der Waals surface area contributed by atoms with Gasteiger partial charge in [-0.15, -0.1) is 0 Å². The van der Waals surface area contributed by atoms with Gasteiger partial charge in [0.2, 0.25) is 11.8 Å². The van der Waals surface area contributed by atoms with Gasteiger partial charge in [-0.25, -0.2) is 4.79 Å². The van der Waals surface area contributed by atoms with Crippen molar-refractivity contribution >= 4 is 17.9 Å². The summed E-state index contributed by atoms with van der Waals surface area (Å²) in [6.45, 7) is 13.5. The molecule has 42 heavy (non-hydrogen) atoms. The van der Waals surface area contributed by atoms with Crippen LogP contribution in [0.25, 0.3) is 0 Å². The van der Waals surface area contributed by atoms with Crippen LogP contribution in [0, 0.1) is 13.8 Å². The molecule has 224 valence electrons. The Morgan fingerprint density at radius 1 is 0.833 bits per heavy atom. The molecule has 3 aromatic carbocycles. The highest BCUT2D eigenvalue weighted by atomic mass is 16.6. The molecular formula is C35H45N3O4. The van der Waals surface area contributed by atoms with E-state index in [1.54, 1.807) is 25.7 Å². The van der Waals surface area contributed by atoms with E-state index in [-0.39, 0.29) is 24.3 Å². The number of benzene rings is 3. The molecule has 0 fully saturated rings. The Balaban J connectivity index is 2.08. The van der Waals surface area contributed by atoms with Gasteiger partial charge in [0, 0.05) is 19.0 Å². The standard InChI is InChI=1S/C35H45N3O4/c1-8-26(4)38(33(40)29(22-27-18-11-9-12-19-27)37-34(41)42-35(5,6)7)31(30-24(2)16-15-17-25(30)3)32(39)36-23-28-20-13-10-14-21-28/h9-21,26,29,31H,8,22-23H2,1-7H3,(H,36,39)(H,37,41). The summed E-state index contributed by atoms with van der Waals surface area (Å²) >= 11 is 0. The number of carbonyl (C=O) groups is 3. The van der Waals surface area contributed by atoms with E-state index in [4.69, 9.17) is 4.74 Å². The van der Waals surface area contributed by atoms with Crippen LogP contribution in [0.3, 0.4) is 0 Å². The zero-order valence-electron chi connectivity index (χ0n) is 25.9. The van der Waals surface area contributed by atoms with Crippen molar-refractivity contribution in [2.75, 3.05) is 0 Å². The molecule has 0 aliphatic carbocycles. The lowest BCUT2D eigenvalue weighted by Crippen LogP contribution is -2.56. The van der Waals surface area contributed by atoms with Crippen molar-refractivity contribution in [1.29, 1.82) is 0 Å². The lowest BCUT2D eigenvalue weighted by Gasteiger charge is -2.39. The average molecular weight is 572 g/mol. The highest BCUT2D eigenvalue weighted by molar-refractivity contribution is 5.93. The van der Waals surface area contributed by atoms with E-state index in [0.29, 0.717) is 13.0 Å². The van der Waals surface area contributed by atoms with Gasteiger partial charge in [-0.1, -0.05) is 85.8 Å². The number of carbonyl (C=O) groups excluding carboxylic acids is 3. The third-order valence-electron chi connectivity index (χ3n) is 7.24. The van der Waals surface area contributed by atoms with Crippen LogP contribution in [-0.4, -0.2) is 40.5 Å². The quantitative estimate of drug-likeness (QED) is 0.278. The van der Waals surface area contributed by atoms with Crippen LogP contribution in [-0.2, 0) is 27.3 Å². The van der Waals surface area contributed by atoms with Crippen LogP contribution in [0.4, 0.5) is 4.79 Å². The number of hydrogen-bond donors (Lipinski definition) is 2. The fraction of sp³-hybridized carbons (Fsp3) is 0.400. The molecule has 0 spiro atoms. The highest BCUT2D eigenvalue weighted by Crippen LogP contribution is 2.31. The summed E-state index contributed by atoms with van der Waals surface area (Å²) in [7, 11) is 0. The van der Waals surface area contributed by atoms with Crippen LogP contribution in [0.1, 0.15) is 74.9 Å². The molecule has 0 saturated carbocycles. The Bertz CT molecular complexity index is 1320. The van der Waals surface area contributed by atoms with Crippen molar-refractivity contribution in [2.45, 2.75) is 91.6 Å². The van der Waals surface area contributed by atoms with E-state index in [0.717, 1.165) is 27.8 Å². The van der Waals surface area contributed by atoms with Gasteiger partial charge in [-0.2, -0.15) is 0 Å². The SMILES string of the molecule is CCC(C)N(C(=O)C(Cc1ccccc1)NC(=O)OC(C)(C)C)C(C(=O)NCc1ccccc1)c1c(C)cccc1C. The smallest absolute Gasteiger partial charge is 0.408 e. The summed E-state index contributed by atoms with van der Waals surface area (Å²) in [5.74, 6) is -0.623. The van der Waals surface area contributed by atoms with Crippen molar-refractivity contribution in [1.82, 2.24) is 15.5 Å². The van der Waals surface area contributed by atoms with E-state index in [1.807, 2.05) is 107 Å². The summed E-state index contributed by atoms with van der Waals surface area (Å²) in [5.41, 5.74) is 3.71. The van der Waals surface area contributed by atoms with Gasteiger partial charge in [0.25, 0.3) is 0 Å². The average Bonchev–Trinajstić information content (AvgIpc) is 2.94. The predicted molar refractivity (Wildman–Crippen MR) is 167 cm³/mol. The fourth-order valence-electron chi connectivity index (χ4n) is 5.01. The number of amides is 3. The third-order valence-corrected chi connectivity index (χ3v) is 7.24. The largest absolute Gasteiger partial charge is 0.444 e. The minimum atomic E-state index is -0.954. The minimum absolute atomic E-state index is 0.247. The second kappa shape index (κ2) is 14.7. The molecule has 0 aromatic heterocycles. The molecule has 7 nitrogen and oxygen atoms in total. The maximum absolute atomic E-state index is 14.6.